The molecule has 170 valence electrons. The number of rotatable bonds is 5. The van der Waals surface area contributed by atoms with E-state index in [9.17, 15) is 4.79 Å². The molecular weight excluding hydrogens is 426 g/mol. The Bertz CT molecular complexity index is 1490. The minimum absolute atomic E-state index is 0.0289. The molecule has 0 unspecified atom stereocenters. The summed E-state index contributed by atoms with van der Waals surface area (Å²) in [5.41, 5.74) is 6.39. The zero-order valence-corrected chi connectivity index (χ0v) is 18.8. The van der Waals surface area contributed by atoms with Crippen LogP contribution >= 0.6 is 0 Å². The zero-order valence-electron chi connectivity index (χ0n) is 18.8. The van der Waals surface area contributed by atoms with Gasteiger partial charge in [-0.05, 0) is 42.5 Å². The third-order valence-electron chi connectivity index (χ3n) is 6.35. The highest BCUT2D eigenvalue weighted by Gasteiger charge is 2.15. The average molecular weight is 452 g/mol. The number of nitrogens with one attached hydrogen (secondary N) is 1. The van der Waals surface area contributed by atoms with Crippen LogP contribution in [-0.4, -0.2) is 46.7 Å². The van der Waals surface area contributed by atoms with Crippen LogP contribution in [0.5, 0.6) is 0 Å². The third-order valence-corrected chi connectivity index (χ3v) is 6.35. The Labute approximate surface area is 197 Å². The van der Waals surface area contributed by atoms with Gasteiger partial charge in [0.1, 0.15) is 5.52 Å². The van der Waals surface area contributed by atoms with Crippen molar-refractivity contribution >= 4 is 50.4 Å². The molecule has 1 aliphatic rings. The molecule has 0 radical (unpaired) electrons. The molecule has 0 spiro atoms. The van der Waals surface area contributed by atoms with Gasteiger partial charge in [0.05, 0.1) is 29.8 Å². The second kappa shape index (κ2) is 8.76. The number of fused-ring (bicyclic) bond motifs is 4. The summed E-state index contributed by atoms with van der Waals surface area (Å²) in [6.07, 6.45) is 0.341. The lowest BCUT2D eigenvalue weighted by Crippen LogP contribution is -2.36. The second-order valence-electron chi connectivity index (χ2n) is 8.50. The fourth-order valence-electron chi connectivity index (χ4n) is 4.62. The number of amides is 1. The Morgan fingerprint density at radius 3 is 2.38 bits per heavy atom. The summed E-state index contributed by atoms with van der Waals surface area (Å²) in [6, 6.07) is 24.0. The molecule has 1 aliphatic heterocycles. The standard InChI is InChI=1S/C27H25N5O2/c33-25(28-19-9-11-20(12-10-19)31-15-17-34-18-16-31)13-14-32-24-8-4-1-5-21(24)26-27(32)30-23-7-3-2-6-22(23)29-26/h1-12H,13-18H2,(H,28,33). The molecule has 34 heavy (non-hydrogen) atoms. The number of hydrogen-bond acceptors (Lipinski definition) is 5. The van der Waals surface area contributed by atoms with Crippen LogP contribution in [0.25, 0.3) is 33.1 Å². The molecule has 0 aliphatic carbocycles. The molecular formula is C27H25N5O2. The summed E-state index contributed by atoms with van der Waals surface area (Å²) in [4.78, 5) is 24.8. The topological polar surface area (TPSA) is 72.3 Å². The van der Waals surface area contributed by atoms with E-state index in [0.717, 1.165) is 70.8 Å². The van der Waals surface area contributed by atoms with Crippen molar-refractivity contribution < 1.29 is 9.53 Å². The maximum atomic E-state index is 12.8. The Morgan fingerprint density at radius 1 is 0.882 bits per heavy atom. The van der Waals surface area contributed by atoms with Crippen LogP contribution in [-0.2, 0) is 16.1 Å². The van der Waals surface area contributed by atoms with E-state index in [4.69, 9.17) is 14.7 Å². The zero-order chi connectivity index (χ0) is 22.9. The van der Waals surface area contributed by atoms with Crippen LogP contribution in [0.15, 0.2) is 72.8 Å². The van der Waals surface area contributed by atoms with E-state index in [0.29, 0.717) is 13.0 Å². The first-order valence-corrected chi connectivity index (χ1v) is 11.6. The van der Waals surface area contributed by atoms with Gasteiger partial charge in [-0.2, -0.15) is 0 Å². The van der Waals surface area contributed by atoms with Gasteiger partial charge in [0, 0.05) is 42.8 Å². The van der Waals surface area contributed by atoms with E-state index in [-0.39, 0.29) is 5.91 Å². The normalized spacial score (nSPS) is 14.2. The minimum Gasteiger partial charge on any atom is -0.378 e. The molecule has 7 heteroatoms. The molecule has 3 heterocycles. The first-order valence-electron chi connectivity index (χ1n) is 11.6. The van der Waals surface area contributed by atoms with Crippen LogP contribution in [0, 0.1) is 0 Å². The lowest BCUT2D eigenvalue weighted by atomic mass is 10.2. The van der Waals surface area contributed by atoms with Gasteiger partial charge in [-0.15, -0.1) is 0 Å². The number of carbonyl (C=O) groups is 1. The van der Waals surface area contributed by atoms with Crippen LogP contribution in [0.4, 0.5) is 11.4 Å². The molecule has 0 bridgehead atoms. The van der Waals surface area contributed by atoms with Gasteiger partial charge >= 0.3 is 0 Å². The van der Waals surface area contributed by atoms with Crippen molar-refractivity contribution in [3.05, 3.63) is 72.8 Å². The number of aromatic nitrogens is 3. The number of anilines is 2. The van der Waals surface area contributed by atoms with E-state index in [2.05, 4.69) is 39.0 Å². The molecule has 3 aromatic carbocycles. The maximum Gasteiger partial charge on any atom is 0.226 e. The maximum absolute atomic E-state index is 12.8. The number of ether oxygens (including phenoxy) is 1. The first-order chi connectivity index (χ1) is 16.8. The molecule has 0 atom stereocenters. The molecule has 1 fully saturated rings. The van der Waals surface area contributed by atoms with Gasteiger partial charge < -0.3 is 19.5 Å². The third kappa shape index (κ3) is 3.84. The Balaban J connectivity index is 1.22. The number of hydrogen-bond donors (Lipinski definition) is 1. The number of morpholine rings is 1. The van der Waals surface area contributed by atoms with Crippen molar-refractivity contribution in [3.8, 4) is 0 Å². The molecule has 2 aromatic heterocycles. The van der Waals surface area contributed by atoms with E-state index in [1.807, 2.05) is 48.5 Å². The molecule has 0 saturated carbocycles. The van der Waals surface area contributed by atoms with Gasteiger partial charge in [-0.3, -0.25) is 4.79 Å². The highest BCUT2D eigenvalue weighted by atomic mass is 16.5. The molecule has 1 N–H and O–H groups in total. The van der Waals surface area contributed by atoms with Gasteiger partial charge in [-0.25, -0.2) is 9.97 Å². The van der Waals surface area contributed by atoms with Crippen molar-refractivity contribution in [2.45, 2.75) is 13.0 Å². The Kier molecular flexibility index (Phi) is 5.31. The molecule has 1 amide bonds. The van der Waals surface area contributed by atoms with E-state index in [1.165, 1.54) is 0 Å². The van der Waals surface area contributed by atoms with Gasteiger partial charge in [0.25, 0.3) is 0 Å². The molecule has 5 aromatic rings. The number of para-hydroxylation sites is 3. The van der Waals surface area contributed by atoms with Crippen molar-refractivity contribution in [1.29, 1.82) is 0 Å². The fraction of sp³-hybridized carbons (Fsp3) is 0.222. The fourth-order valence-corrected chi connectivity index (χ4v) is 4.62. The number of carbonyl (C=O) groups excluding carboxylic acids is 1. The predicted molar refractivity (Wildman–Crippen MR) is 135 cm³/mol. The smallest absolute Gasteiger partial charge is 0.226 e. The quantitative estimate of drug-likeness (QED) is 0.423. The van der Waals surface area contributed by atoms with E-state index < -0.39 is 0 Å². The number of nitrogens with zero attached hydrogens (tertiary/aromatic N) is 4. The first kappa shape index (κ1) is 20.6. The lowest BCUT2D eigenvalue weighted by Gasteiger charge is -2.28. The largest absolute Gasteiger partial charge is 0.378 e. The van der Waals surface area contributed by atoms with Crippen LogP contribution in [0.3, 0.4) is 0 Å². The molecule has 7 nitrogen and oxygen atoms in total. The number of benzene rings is 3. The summed E-state index contributed by atoms with van der Waals surface area (Å²) < 4.78 is 7.52. The monoisotopic (exact) mass is 451 g/mol. The highest BCUT2D eigenvalue weighted by Crippen LogP contribution is 2.28. The van der Waals surface area contributed by atoms with E-state index >= 15 is 0 Å². The van der Waals surface area contributed by atoms with Crippen molar-refractivity contribution in [1.82, 2.24) is 14.5 Å². The van der Waals surface area contributed by atoms with Crippen LogP contribution < -0.4 is 10.2 Å². The van der Waals surface area contributed by atoms with E-state index in [1.54, 1.807) is 0 Å². The second-order valence-corrected chi connectivity index (χ2v) is 8.50. The van der Waals surface area contributed by atoms with Gasteiger partial charge in [0.15, 0.2) is 5.65 Å². The predicted octanol–water partition coefficient (Wildman–Crippen LogP) is 4.60. The summed E-state index contributed by atoms with van der Waals surface area (Å²) in [5.74, 6) is -0.0289. The number of aryl methyl sites for hydroxylation is 1. The Morgan fingerprint density at radius 2 is 1.59 bits per heavy atom. The average Bonchev–Trinajstić information content (AvgIpc) is 3.19. The summed E-state index contributed by atoms with van der Waals surface area (Å²) in [7, 11) is 0. The highest BCUT2D eigenvalue weighted by molar-refractivity contribution is 6.06. The van der Waals surface area contributed by atoms with Crippen molar-refractivity contribution in [2.24, 2.45) is 0 Å². The lowest BCUT2D eigenvalue weighted by molar-refractivity contribution is -0.116. The summed E-state index contributed by atoms with van der Waals surface area (Å²) >= 11 is 0. The minimum atomic E-state index is -0.0289. The Hall–Kier alpha value is -3.97. The summed E-state index contributed by atoms with van der Waals surface area (Å²) in [5, 5.41) is 4.08. The molecule has 6 rings (SSSR count). The van der Waals surface area contributed by atoms with Crippen LogP contribution in [0.1, 0.15) is 6.42 Å². The van der Waals surface area contributed by atoms with Gasteiger partial charge in [-0.1, -0.05) is 30.3 Å². The van der Waals surface area contributed by atoms with Gasteiger partial charge in [0.2, 0.25) is 5.91 Å². The molecule has 1 saturated heterocycles. The van der Waals surface area contributed by atoms with Crippen molar-refractivity contribution in [3.63, 3.8) is 0 Å². The summed E-state index contributed by atoms with van der Waals surface area (Å²) in [6.45, 7) is 3.81. The van der Waals surface area contributed by atoms with Crippen LogP contribution in [0.2, 0.25) is 0 Å². The SMILES string of the molecule is O=C(CCn1c2ccccc2c2nc3ccccc3nc21)Nc1ccc(N2CCOCC2)cc1. The van der Waals surface area contributed by atoms with Crippen molar-refractivity contribution in [2.75, 3.05) is 36.5 Å².